The van der Waals surface area contributed by atoms with Crippen molar-refractivity contribution in [2.45, 2.75) is 27.3 Å². The third-order valence-corrected chi connectivity index (χ3v) is 4.81. The third-order valence-electron chi connectivity index (χ3n) is 3.71. The second-order valence-corrected chi connectivity index (χ2v) is 6.43. The molecule has 0 saturated heterocycles. The lowest BCUT2D eigenvalue weighted by molar-refractivity contribution is 0.517. The number of hydrogen-bond acceptors (Lipinski definition) is 6. The quantitative estimate of drug-likeness (QED) is 0.627. The molecule has 6 nitrogen and oxygen atoms in total. The molecule has 0 atom stereocenters. The Hall–Kier alpha value is -2.41. The molecule has 112 valence electrons. The van der Waals surface area contributed by atoms with Crippen LogP contribution in [0, 0.1) is 20.8 Å². The van der Waals surface area contributed by atoms with E-state index in [4.69, 9.17) is 9.40 Å². The third kappa shape index (κ3) is 1.97. The van der Waals surface area contributed by atoms with Crippen molar-refractivity contribution < 1.29 is 4.42 Å². The van der Waals surface area contributed by atoms with E-state index < -0.39 is 0 Å². The van der Waals surface area contributed by atoms with Crippen LogP contribution in [0.25, 0.3) is 15.9 Å². The molecule has 0 aliphatic heterocycles. The Bertz CT molecular complexity index is 967. The Morgan fingerprint density at radius 2 is 2.14 bits per heavy atom. The van der Waals surface area contributed by atoms with Gasteiger partial charge in [0.1, 0.15) is 16.4 Å². The Balaban J connectivity index is 1.89. The minimum atomic E-state index is 0.558. The van der Waals surface area contributed by atoms with E-state index in [-0.39, 0.29) is 0 Å². The lowest BCUT2D eigenvalue weighted by atomic mass is 10.2. The molecule has 7 heteroatoms. The number of rotatable bonds is 3. The van der Waals surface area contributed by atoms with Crippen molar-refractivity contribution in [3.63, 3.8) is 0 Å². The Kier molecular flexibility index (Phi) is 2.90. The monoisotopic (exact) mass is 313 g/mol. The van der Waals surface area contributed by atoms with Gasteiger partial charge in [-0.15, -0.1) is 16.4 Å². The molecule has 0 aliphatic carbocycles. The van der Waals surface area contributed by atoms with Crippen LogP contribution in [-0.4, -0.2) is 19.6 Å². The summed E-state index contributed by atoms with van der Waals surface area (Å²) in [5, 5.41) is 8.84. The first-order chi connectivity index (χ1) is 10.6. The lowest BCUT2D eigenvalue weighted by Gasteiger charge is -2.06. The number of nitrogens with zero attached hydrogens (tertiary/aromatic N) is 4. The highest BCUT2D eigenvalue weighted by molar-refractivity contribution is 7.18. The maximum atomic E-state index is 5.35. The molecule has 0 aromatic carbocycles. The van der Waals surface area contributed by atoms with Gasteiger partial charge in [-0.2, -0.15) is 4.52 Å². The van der Waals surface area contributed by atoms with E-state index >= 15 is 0 Å². The number of aromatic nitrogens is 4. The molecule has 0 spiro atoms. The number of aryl methyl sites for hydroxylation is 3. The fraction of sp³-hybridized carbons (Fsp3) is 0.267. The van der Waals surface area contributed by atoms with Crippen LogP contribution < -0.4 is 5.32 Å². The summed E-state index contributed by atoms with van der Waals surface area (Å²) in [7, 11) is 0. The van der Waals surface area contributed by atoms with Crippen LogP contribution in [0.3, 0.4) is 0 Å². The van der Waals surface area contributed by atoms with E-state index in [2.05, 4.69) is 29.2 Å². The fourth-order valence-electron chi connectivity index (χ4n) is 2.51. The van der Waals surface area contributed by atoms with Gasteiger partial charge in [-0.25, -0.2) is 9.97 Å². The average Bonchev–Trinajstić information content (AvgIpc) is 3.17. The average molecular weight is 313 g/mol. The number of thiophene rings is 1. The predicted molar refractivity (Wildman–Crippen MR) is 86.4 cm³/mol. The molecule has 22 heavy (non-hydrogen) atoms. The molecule has 0 saturated carbocycles. The zero-order valence-corrected chi connectivity index (χ0v) is 13.4. The van der Waals surface area contributed by atoms with Gasteiger partial charge in [-0.1, -0.05) is 0 Å². The highest BCUT2D eigenvalue weighted by Crippen LogP contribution is 2.32. The molecule has 0 fully saturated rings. The van der Waals surface area contributed by atoms with Crippen LogP contribution in [0.4, 0.5) is 5.95 Å². The van der Waals surface area contributed by atoms with Crippen LogP contribution in [0.15, 0.2) is 22.8 Å². The van der Waals surface area contributed by atoms with Crippen LogP contribution in [0.2, 0.25) is 0 Å². The van der Waals surface area contributed by atoms with Crippen molar-refractivity contribution >= 4 is 33.1 Å². The van der Waals surface area contributed by atoms with Crippen molar-refractivity contribution in [3.8, 4) is 0 Å². The molecule has 0 amide bonds. The summed E-state index contributed by atoms with van der Waals surface area (Å²) < 4.78 is 7.13. The lowest BCUT2D eigenvalue weighted by Crippen LogP contribution is -2.07. The second kappa shape index (κ2) is 4.81. The van der Waals surface area contributed by atoms with Crippen LogP contribution in [0.5, 0.6) is 0 Å². The zero-order valence-electron chi connectivity index (χ0n) is 12.5. The minimum Gasteiger partial charge on any atom is -0.467 e. The highest BCUT2D eigenvalue weighted by atomic mass is 32.1. The molecule has 0 bridgehead atoms. The van der Waals surface area contributed by atoms with Crippen molar-refractivity contribution in [1.29, 1.82) is 0 Å². The van der Waals surface area contributed by atoms with Gasteiger partial charge in [-0.3, -0.25) is 0 Å². The summed E-state index contributed by atoms with van der Waals surface area (Å²) in [6.45, 7) is 6.67. The summed E-state index contributed by atoms with van der Waals surface area (Å²) in [4.78, 5) is 11.5. The maximum absolute atomic E-state index is 5.35. The maximum Gasteiger partial charge on any atom is 0.227 e. The normalized spacial score (nSPS) is 11.6. The van der Waals surface area contributed by atoms with E-state index in [9.17, 15) is 0 Å². The fourth-order valence-corrected chi connectivity index (χ4v) is 3.54. The second-order valence-electron chi connectivity index (χ2n) is 5.23. The molecular formula is C15H15N5OS. The molecule has 4 rings (SSSR count). The van der Waals surface area contributed by atoms with Gasteiger partial charge in [0.2, 0.25) is 5.95 Å². The number of fused-ring (bicyclic) bond motifs is 3. The number of furan rings is 1. The van der Waals surface area contributed by atoms with Gasteiger partial charge in [0, 0.05) is 4.88 Å². The summed E-state index contributed by atoms with van der Waals surface area (Å²) in [5.74, 6) is 2.27. The van der Waals surface area contributed by atoms with Gasteiger partial charge in [0.25, 0.3) is 0 Å². The summed E-state index contributed by atoms with van der Waals surface area (Å²) in [6.07, 6.45) is 1.66. The molecule has 0 radical (unpaired) electrons. The first kappa shape index (κ1) is 13.3. The molecular weight excluding hydrogens is 298 g/mol. The van der Waals surface area contributed by atoms with Crippen molar-refractivity contribution in [2.75, 3.05) is 5.32 Å². The smallest absolute Gasteiger partial charge is 0.227 e. The van der Waals surface area contributed by atoms with E-state index in [1.165, 1.54) is 10.4 Å². The van der Waals surface area contributed by atoms with E-state index in [1.54, 1.807) is 22.1 Å². The standard InChI is InChI=1S/C15H15N5OS/c1-8-9(2)22-14-12(8)13-17-10(3)19-20(13)15(18-14)16-7-11-5-4-6-21-11/h4-6H,7H2,1-3H3,(H,16,18). The molecule has 0 aliphatic rings. The van der Waals surface area contributed by atoms with Gasteiger partial charge in [-0.05, 0) is 38.5 Å². The SMILES string of the molecule is Cc1nc2c3c(C)c(C)sc3nc(NCc3ccco3)n2n1. The van der Waals surface area contributed by atoms with Crippen LogP contribution in [-0.2, 0) is 6.54 Å². The topological polar surface area (TPSA) is 68.2 Å². The van der Waals surface area contributed by atoms with Crippen LogP contribution >= 0.6 is 11.3 Å². The highest BCUT2D eigenvalue weighted by Gasteiger charge is 2.17. The molecule has 4 aromatic rings. The number of anilines is 1. The minimum absolute atomic E-state index is 0.558. The molecule has 4 aromatic heterocycles. The predicted octanol–water partition coefficient (Wildman–Crippen LogP) is 3.47. The van der Waals surface area contributed by atoms with Gasteiger partial charge in [0.15, 0.2) is 5.65 Å². The van der Waals surface area contributed by atoms with E-state index in [0.29, 0.717) is 12.5 Å². The van der Waals surface area contributed by atoms with Crippen LogP contribution in [0.1, 0.15) is 22.0 Å². The molecule has 0 unspecified atom stereocenters. The Labute approximate surface area is 130 Å². The van der Waals surface area contributed by atoms with Crippen molar-refractivity contribution in [1.82, 2.24) is 19.6 Å². The number of hydrogen-bond donors (Lipinski definition) is 1. The van der Waals surface area contributed by atoms with Crippen molar-refractivity contribution in [3.05, 3.63) is 40.4 Å². The van der Waals surface area contributed by atoms with E-state index in [0.717, 1.165) is 27.4 Å². The molecule has 1 N–H and O–H groups in total. The molecule has 4 heterocycles. The van der Waals surface area contributed by atoms with Gasteiger partial charge >= 0.3 is 0 Å². The zero-order chi connectivity index (χ0) is 15.3. The van der Waals surface area contributed by atoms with E-state index in [1.807, 2.05) is 19.1 Å². The Morgan fingerprint density at radius 1 is 1.27 bits per heavy atom. The summed E-state index contributed by atoms with van der Waals surface area (Å²) >= 11 is 1.68. The summed E-state index contributed by atoms with van der Waals surface area (Å²) in [5.41, 5.74) is 2.08. The van der Waals surface area contributed by atoms with Crippen molar-refractivity contribution in [2.24, 2.45) is 0 Å². The first-order valence-electron chi connectivity index (χ1n) is 7.03. The first-order valence-corrected chi connectivity index (χ1v) is 7.84. The van der Waals surface area contributed by atoms with Gasteiger partial charge in [0.05, 0.1) is 18.2 Å². The van der Waals surface area contributed by atoms with Gasteiger partial charge < -0.3 is 9.73 Å². The largest absolute Gasteiger partial charge is 0.467 e. The summed E-state index contributed by atoms with van der Waals surface area (Å²) in [6, 6.07) is 3.80. The Morgan fingerprint density at radius 3 is 2.91 bits per heavy atom. The number of nitrogens with one attached hydrogen (secondary N) is 1.